The molecule has 0 N–H and O–H groups in total. The second-order valence-electron chi connectivity index (χ2n) is 42.0. The van der Waals surface area contributed by atoms with Crippen molar-refractivity contribution in [1.29, 1.82) is 0 Å². The predicted molar refractivity (Wildman–Crippen MR) is 621 cm³/mol. The van der Waals surface area contributed by atoms with Gasteiger partial charge in [-0.15, -0.1) is 0 Å². The summed E-state index contributed by atoms with van der Waals surface area (Å²) in [5, 5.41) is 0. The van der Waals surface area contributed by atoms with Crippen molar-refractivity contribution in [2.45, 2.75) is 47.8 Å². The Morgan fingerprint density at radius 3 is 0.635 bits per heavy atom. The Balaban J connectivity index is 0.000000103. The highest BCUT2D eigenvalue weighted by molar-refractivity contribution is 6.03. The first kappa shape index (κ1) is 92.1. The highest BCUT2D eigenvalue weighted by Gasteiger charge is 2.58. The number of nitrogens with zero attached hydrogens (tertiary/aromatic N) is 8. The number of anilines is 8. The summed E-state index contributed by atoms with van der Waals surface area (Å²) in [5.41, 5.74) is 57.9. The normalized spacial score (nSPS) is 13.7. The van der Waals surface area contributed by atoms with E-state index in [1.807, 2.05) is 0 Å². The molecule has 20 aromatic rings. The fourth-order valence-corrected chi connectivity index (χ4v) is 26.9. The Kier molecular flexibility index (Phi) is 22.8. The number of hydrogen-bond acceptors (Lipinski definition) is 8. The van der Waals surface area contributed by atoms with Crippen molar-refractivity contribution in [3.8, 4) is 89.0 Å². The van der Waals surface area contributed by atoms with Crippen molar-refractivity contribution < 1.29 is 0 Å². The Morgan fingerprint density at radius 1 is 0.149 bits per heavy atom. The van der Waals surface area contributed by atoms with Gasteiger partial charge >= 0.3 is 0 Å². The molecular formula is C140H120N8. The number of fused-ring (bicyclic) bond motifs is 40. The van der Waals surface area contributed by atoms with Gasteiger partial charge in [0.25, 0.3) is 0 Å². The molecule has 0 saturated carbocycles. The van der Waals surface area contributed by atoms with Gasteiger partial charge in [-0.1, -0.05) is 376 Å². The Morgan fingerprint density at radius 2 is 0.351 bits per heavy atom. The van der Waals surface area contributed by atoms with E-state index in [9.17, 15) is 0 Å². The van der Waals surface area contributed by atoms with Crippen molar-refractivity contribution in [2.24, 2.45) is 0 Å². The van der Waals surface area contributed by atoms with Crippen molar-refractivity contribution in [1.82, 2.24) is 4.90 Å². The molecule has 0 fully saturated rings. The van der Waals surface area contributed by atoms with Gasteiger partial charge in [0, 0.05) is 160 Å². The highest BCUT2D eigenvalue weighted by Crippen LogP contribution is 2.70. The van der Waals surface area contributed by atoms with E-state index in [2.05, 4.69) is 585 Å². The van der Waals surface area contributed by atoms with Crippen LogP contribution in [-0.4, -0.2) is 89.5 Å². The molecule has 20 aromatic carbocycles. The van der Waals surface area contributed by atoms with E-state index >= 15 is 0 Å². The van der Waals surface area contributed by atoms with Crippen LogP contribution in [0.2, 0.25) is 0 Å². The lowest BCUT2D eigenvalue weighted by Gasteiger charge is -2.34. The van der Waals surface area contributed by atoms with Crippen LogP contribution in [0.25, 0.3) is 89.0 Å². The van der Waals surface area contributed by atoms with Gasteiger partial charge < -0.3 is 34.3 Å². The second-order valence-corrected chi connectivity index (χ2v) is 42.0. The largest absolute Gasteiger partial charge is 0.378 e. The molecule has 0 saturated heterocycles. The summed E-state index contributed by atoms with van der Waals surface area (Å²) in [4.78, 5) is 18.2. The summed E-state index contributed by atoms with van der Waals surface area (Å²) in [6, 6.07) is 171. The summed E-state index contributed by atoms with van der Waals surface area (Å²) in [6.07, 6.45) is 0. The summed E-state index contributed by atoms with van der Waals surface area (Å²) >= 11 is 0. The third-order valence-corrected chi connectivity index (χ3v) is 33.1. The molecule has 0 unspecified atom stereocenters. The van der Waals surface area contributed by atoms with E-state index in [1.54, 1.807) is 0 Å². The number of rotatable bonds is 16. The van der Waals surface area contributed by atoms with E-state index in [-0.39, 0.29) is 21.7 Å². The SMILES string of the molecule is CN(C)c1ccc(CN(C)c2cccc3c2C2(c4ccccc4-c4ccccc42)c2ccccc2-3)cc1.CN(C)c1ccc(N(C)Cc2cccc3c2C2(c4ccccc4-c4ccccc42)c2ccccc2-3)cc1.CN(C)c1ccc(N(C)c2cccc3c2C2(c4ccccc4-c4ccccc42)c2ccccc2-3)cc1.CN(Cc1ccc(N(C)C)cc1)Cc1cccc2c1C1(c3ccccc3-c3ccccc31)c1ccccc1-2. The highest BCUT2D eigenvalue weighted by atomic mass is 15.1. The van der Waals surface area contributed by atoms with Crippen LogP contribution in [0, 0.1) is 0 Å². The maximum Gasteiger partial charge on any atom is 0.0745 e. The van der Waals surface area contributed by atoms with Crippen molar-refractivity contribution in [3.05, 3.63) is 572 Å². The molecule has 720 valence electrons. The molecule has 4 spiro atoms. The average Bonchev–Trinajstić information content (AvgIpc) is 1.52. The third-order valence-electron chi connectivity index (χ3n) is 33.1. The van der Waals surface area contributed by atoms with E-state index in [0.717, 1.165) is 26.2 Å². The van der Waals surface area contributed by atoms with Crippen molar-refractivity contribution >= 4 is 45.5 Å². The molecule has 0 radical (unpaired) electrons. The lowest BCUT2D eigenvalue weighted by molar-refractivity contribution is 0.317. The van der Waals surface area contributed by atoms with Crippen molar-refractivity contribution in [2.75, 3.05) is 119 Å². The van der Waals surface area contributed by atoms with Crippen LogP contribution in [0.3, 0.4) is 0 Å². The van der Waals surface area contributed by atoms with Crippen LogP contribution in [-0.2, 0) is 47.8 Å². The Hall–Kier alpha value is -17.0. The van der Waals surface area contributed by atoms with Crippen LogP contribution in [0.5, 0.6) is 0 Å². The minimum atomic E-state index is -0.340. The Labute approximate surface area is 872 Å². The maximum absolute atomic E-state index is 2.45. The number of hydrogen-bond donors (Lipinski definition) is 0. The van der Waals surface area contributed by atoms with Gasteiger partial charge in [0.05, 0.1) is 21.7 Å². The van der Waals surface area contributed by atoms with E-state index in [4.69, 9.17) is 0 Å². The lowest BCUT2D eigenvalue weighted by Crippen LogP contribution is -2.29. The molecule has 0 aliphatic heterocycles. The quantitative estimate of drug-likeness (QED) is 0.0944. The van der Waals surface area contributed by atoms with Gasteiger partial charge in [-0.2, -0.15) is 0 Å². The van der Waals surface area contributed by atoms with Crippen molar-refractivity contribution in [3.63, 3.8) is 0 Å². The topological polar surface area (TPSA) is 25.9 Å². The molecular weight excluding hydrogens is 1790 g/mol. The first-order chi connectivity index (χ1) is 72.4. The standard InChI is InChI=1S/C36H32N2.2C35H30N2.C34H28N2/c1-37(2)27-21-19-25(20-22-27)23-38(3)24-26-11-10-15-31-30-14-6-9-18-34(30)36(35(26)31)32-16-7-4-12-28(32)29-13-5-8-17-33(29)36;1-36(2)25-19-21-26(22-20-25)37(3)23-24-11-10-15-30-29-14-6-9-18-33(29)35(34(24)30)31-16-7-4-12-27(31)28-13-5-8-17-32(28)35;1-36(2)25-21-19-24(20-22-25)23-37(3)33-18-10-14-29-28-13-6-9-17-32(28)35(34(29)33)30-15-7-4-11-26(30)27-12-5-8-16-31(27)35;1-35(2)23-19-21-24(22-20-23)36(3)32-18-10-14-28-27-13-6-9-17-31(27)34(33(28)32)29-15-7-4-11-25(29)26-12-5-8-16-30(26)34/h4-22H,23-24H2,1-3H3;2*4-22H,23H2,1-3H3;4-22H,1-3H3. The molecule has 0 heterocycles. The Bertz CT molecular complexity index is 8320. The zero-order valence-corrected chi connectivity index (χ0v) is 86.3. The predicted octanol–water partition coefficient (Wildman–Crippen LogP) is 31.1. The van der Waals surface area contributed by atoms with Gasteiger partial charge in [-0.05, 0) is 281 Å². The summed E-state index contributed by atoms with van der Waals surface area (Å²) in [7, 11) is 25.6. The van der Waals surface area contributed by atoms with Crippen LogP contribution >= 0.6 is 0 Å². The van der Waals surface area contributed by atoms with Crippen LogP contribution in [0.4, 0.5) is 45.5 Å². The van der Waals surface area contributed by atoms with E-state index in [0.29, 0.717) is 0 Å². The first-order valence-corrected chi connectivity index (χ1v) is 52.0. The fraction of sp³-hybridized carbons (Fsp3) is 0.143. The molecule has 8 aliphatic rings. The average molecular weight is 1910 g/mol. The van der Waals surface area contributed by atoms with Gasteiger partial charge in [0.15, 0.2) is 0 Å². The van der Waals surface area contributed by atoms with E-state index in [1.165, 1.54) is 246 Å². The summed E-state index contributed by atoms with van der Waals surface area (Å²) in [5.74, 6) is 0. The molecule has 8 heteroatoms. The van der Waals surface area contributed by atoms with Gasteiger partial charge in [0.2, 0.25) is 0 Å². The van der Waals surface area contributed by atoms with Gasteiger partial charge in [-0.3, -0.25) is 4.90 Å². The monoisotopic (exact) mass is 1910 g/mol. The van der Waals surface area contributed by atoms with E-state index < -0.39 is 0 Å². The maximum atomic E-state index is 2.45. The summed E-state index contributed by atoms with van der Waals surface area (Å²) in [6.45, 7) is 3.48. The van der Waals surface area contributed by atoms with Gasteiger partial charge in [0.1, 0.15) is 0 Å². The zero-order chi connectivity index (χ0) is 101. The lowest BCUT2D eigenvalue weighted by atomic mass is 9.69. The van der Waals surface area contributed by atoms with Crippen LogP contribution in [0.15, 0.2) is 461 Å². The molecule has 28 rings (SSSR count). The first-order valence-electron chi connectivity index (χ1n) is 52.0. The molecule has 8 nitrogen and oxygen atoms in total. The molecule has 0 atom stereocenters. The molecule has 8 aliphatic carbocycles. The minimum absolute atomic E-state index is 0.288. The fourth-order valence-electron chi connectivity index (χ4n) is 26.9. The third kappa shape index (κ3) is 14.1. The minimum Gasteiger partial charge on any atom is -0.378 e. The zero-order valence-electron chi connectivity index (χ0n) is 86.3. The summed E-state index contributed by atoms with van der Waals surface area (Å²) < 4.78 is 0. The molecule has 0 aromatic heterocycles. The second kappa shape index (κ2) is 36.6. The smallest absolute Gasteiger partial charge is 0.0745 e. The molecule has 0 bridgehead atoms. The number of benzene rings is 20. The van der Waals surface area contributed by atoms with Crippen LogP contribution in [0.1, 0.15) is 111 Å². The molecule has 0 amide bonds. The van der Waals surface area contributed by atoms with Gasteiger partial charge in [-0.25, -0.2) is 0 Å². The molecule has 148 heavy (non-hydrogen) atoms. The van der Waals surface area contributed by atoms with Crippen LogP contribution < -0.4 is 34.3 Å².